The number of aliphatic carboxylic acids is 1. The molecule has 3 rings (SSSR count). The Balaban J connectivity index is 1.73. The monoisotopic (exact) mass is 399 g/mol. The van der Waals surface area contributed by atoms with E-state index in [1.807, 2.05) is 6.07 Å². The van der Waals surface area contributed by atoms with Crippen LogP contribution in [0.2, 0.25) is 0 Å². The van der Waals surface area contributed by atoms with E-state index in [-0.39, 0.29) is 24.9 Å². The molecule has 1 fully saturated rings. The number of hydrogen-bond acceptors (Lipinski definition) is 5. The Labute approximate surface area is 169 Å². The Morgan fingerprint density at radius 2 is 2.07 bits per heavy atom. The summed E-state index contributed by atoms with van der Waals surface area (Å²) in [5.41, 5.74) is 1.73. The first-order valence-corrected chi connectivity index (χ1v) is 9.51. The van der Waals surface area contributed by atoms with E-state index in [4.69, 9.17) is 4.74 Å². The van der Waals surface area contributed by atoms with Gasteiger partial charge < -0.3 is 19.6 Å². The molecule has 1 aromatic carbocycles. The number of aryl methyl sites for hydroxylation is 1. The first-order valence-electron chi connectivity index (χ1n) is 9.51. The van der Waals surface area contributed by atoms with E-state index in [2.05, 4.69) is 4.98 Å². The molecule has 0 saturated carbocycles. The van der Waals surface area contributed by atoms with E-state index >= 15 is 0 Å². The van der Waals surface area contributed by atoms with Crippen LogP contribution in [0.4, 0.5) is 0 Å². The Bertz CT molecular complexity index is 959. The Morgan fingerprint density at radius 1 is 1.31 bits per heavy atom. The molecule has 1 atom stereocenters. The van der Waals surface area contributed by atoms with Crippen molar-refractivity contribution in [2.75, 3.05) is 33.8 Å². The third-order valence-corrected chi connectivity index (χ3v) is 5.29. The van der Waals surface area contributed by atoms with Crippen LogP contribution in [0, 0.1) is 12.8 Å². The Hall–Kier alpha value is -3.16. The molecular formula is C21H25N3O5. The zero-order chi connectivity index (χ0) is 21.1. The number of benzene rings is 1. The average molecular weight is 399 g/mol. The quantitative estimate of drug-likeness (QED) is 0.825. The van der Waals surface area contributed by atoms with Gasteiger partial charge in [0.05, 0.1) is 36.3 Å². The molecular weight excluding hydrogens is 374 g/mol. The van der Waals surface area contributed by atoms with Gasteiger partial charge in [-0.25, -0.2) is 0 Å². The lowest BCUT2D eigenvalue weighted by molar-refractivity contribution is -0.145. The van der Waals surface area contributed by atoms with Gasteiger partial charge in [-0.3, -0.25) is 19.4 Å². The predicted molar refractivity (Wildman–Crippen MR) is 107 cm³/mol. The van der Waals surface area contributed by atoms with Gasteiger partial charge in [-0.1, -0.05) is 0 Å². The molecule has 0 spiro atoms. The second kappa shape index (κ2) is 8.46. The number of nitrogens with zero attached hydrogens (tertiary/aromatic N) is 3. The molecule has 2 amide bonds. The molecule has 1 aliphatic heterocycles. The number of hydrogen-bond donors (Lipinski definition) is 1. The highest BCUT2D eigenvalue weighted by atomic mass is 16.5. The minimum absolute atomic E-state index is 0.106. The molecule has 0 bridgehead atoms. The number of aromatic nitrogens is 1. The number of pyridine rings is 1. The fraction of sp³-hybridized carbons (Fsp3) is 0.429. The molecule has 29 heavy (non-hydrogen) atoms. The van der Waals surface area contributed by atoms with Crippen LogP contribution in [0.25, 0.3) is 10.9 Å². The summed E-state index contributed by atoms with van der Waals surface area (Å²) >= 11 is 0. The van der Waals surface area contributed by atoms with Crippen LogP contribution >= 0.6 is 0 Å². The van der Waals surface area contributed by atoms with Gasteiger partial charge >= 0.3 is 5.97 Å². The number of rotatable bonds is 5. The van der Waals surface area contributed by atoms with E-state index in [9.17, 15) is 19.5 Å². The van der Waals surface area contributed by atoms with Crippen molar-refractivity contribution in [2.24, 2.45) is 5.92 Å². The summed E-state index contributed by atoms with van der Waals surface area (Å²) in [5.74, 6) is -1.29. The van der Waals surface area contributed by atoms with Crippen LogP contribution in [0.15, 0.2) is 24.3 Å². The number of carboxylic acid groups (broad SMARTS) is 1. The fourth-order valence-corrected chi connectivity index (χ4v) is 3.57. The molecule has 1 aliphatic rings. The summed E-state index contributed by atoms with van der Waals surface area (Å²) < 4.78 is 5.21. The minimum atomic E-state index is -0.888. The summed E-state index contributed by atoms with van der Waals surface area (Å²) in [6.45, 7) is 2.35. The third kappa shape index (κ3) is 4.47. The first kappa shape index (κ1) is 20.6. The van der Waals surface area contributed by atoms with Crippen molar-refractivity contribution in [1.29, 1.82) is 0 Å². The van der Waals surface area contributed by atoms with Crippen LogP contribution in [0.5, 0.6) is 5.75 Å². The maximum absolute atomic E-state index is 12.9. The van der Waals surface area contributed by atoms with Crippen molar-refractivity contribution in [3.8, 4) is 5.75 Å². The minimum Gasteiger partial charge on any atom is -0.497 e. The van der Waals surface area contributed by atoms with E-state index in [0.29, 0.717) is 36.4 Å². The van der Waals surface area contributed by atoms with Crippen molar-refractivity contribution in [3.05, 3.63) is 35.5 Å². The van der Waals surface area contributed by atoms with Crippen LogP contribution < -0.4 is 4.74 Å². The number of fused-ring (bicyclic) bond motifs is 1. The lowest BCUT2D eigenvalue weighted by Gasteiger charge is -2.32. The number of carboxylic acids is 1. The molecule has 1 aromatic heterocycles. The number of methoxy groups -OCH3 is 1. The molecule has 0 unspecified atom stereocenters. The summed E-state index contributed by atoms with van der Waals surface area (Å²) in [5, 5.41) is 9.99. The van der Waals surface area contributed by atoms with Crippen molar-refractivity contribution in [2.45, 2.75) is 19.8 Å². The number of amides is 2. The van der Waals surface area contributed by atoms with Crippen LogP contribution in [0.1, 0.15) is 28.9 Å². The summed E-state index contributed by atoms with van der Waals surface area (Å²) in [6.07, 6.45) is 1.22. The first-order chi connectivity index (χ1) is 13.8. The van der Waals surface area contributed by atoms with Gasteiger partial charge in [0, 0.05) is 31.6 Å². The molecule has 2 aromatic rings. The lowest BCUT2D eigenvalue weighted by Crippen LogP contribution is -2.47. The van der Waals surface area contributed by atoms with E-state index in [0.717, 1.165) is 10.9 Å². The molecule has 2 heterocycles. The zero-order valence-corrected chi connectivity index (χ0v) is 16.8. The molecule has 8 nitrogen and oxygen atoms in total. The number of ether oxygens (including phenoxy) is 1. The number of likely N-dealkylation sites (N-methyl/N-ethyl adjacent to an activating group) is 1. The Kier molecular flexibility index (Phi) is 6.00. The highest BCUT2D eigenvalue weighted by molar-refractivity contribution is 6.00. The van der Waals surface area contributed by atoms with Gasteiger partial charge in [-0.15, -0.1) is 0 Å². The molecule has 1 N–H and O–H groups in total. The van der Waals surface area contributed by atoms with Gasteiger partial charge in [0.15, 0.2) is 0 Å². The third-order valence-electron chi connectivity index (χ3n) is 5.29. The van der Waals surface area contributed by atoms with Crippen LogP contribution in [0.3, 0.4) is 0 Å². The fourth-order valence-electron chi connectivity index (χ4n) is 3.57. The van der Waals surface area contributed by atoms with E-state index < -0.39 is 11.9 Å². The zero-order valence-electron chi connectivity index (χ0n) is 16.8. The van der Waals surface area contributed by atoms with Gasteiger partial charge in [-0.05, 0) is 38.0 Å². The molecule has 8 heteroatoms. The normalized spacial score (nSPS) is 16.5. The summed E-state index contributed by atoms with van der Waals surface area (Å²) in [6, 6.07) is 7.21. The molecule has 0 aliphatic carbocycles. The van der Waals surface area contributed by atoms with Crippen molar-refractivity contribution >= 4 is 28.7 Å². The lowest BCUT2D eigenvalue weighted by atomic mass is 9.98. The number of likely N-dealkylation sites (tertiary alicyclic amines) is 1. The second-order valence-electron chi connectivity index (χ2n) is 7.36. The average Bonchev–Trinajstić information content (AvgIpc) is 2.72. The number of carbonyl (C=O) groups excluding carboxylic acids is 2. The molecule has 0 radical (unpaired) electrons. The maximum atomic E-state index is 12.9. The predicted octanol–water partition coefficient (Wildman–Crippen LogP) is 1.95. The van der Waals surface area contributed by atoms with Crippen LogP contribution in [-0.2, 0) is 9.59 Å². The highest BCUT2D eigenvalue weighted by Gasteiger charge is 2.29. The van der Waals surface area contributed by atoms with E-state index in [1.54, 1.807) is 39.3 Å². The maximum Gasteiger partial charge on any atom is 0.308 e. The van der Waals surface area contributed by atoms with Crippen LogP contribution in [-0.4, -0.2) is 71.5 Å². The number of carbonyl (C=O) groups is 3. The van der Waals surface area contributed by atoms with Crippen molar-refractivity contribution < 1.29 is 24.2 Å². The number of piperidine rings is 1. The van der Waals surface area contributed by atoms with Gasteiger partial charge in [0.1, 0.15) is 5.75 Å². The van der Waals surface area contributed by atoms with Gasteiger partial charge in [-0.2, -0.15) is 0 Å². The summed E-state index contributed by atoms with van der Waals surface area (Å²) in [7, 11) is 3.15. The smallest absolute Gasteiger partial charge is 0.308 e. The molecule has 1 saturated heterocycles. The van der Waals surface area contributed by atoms with Gasteiger partial charge in [0.2, 0.25) is 5.91 Å². The van der Waals surface area contributed by atoms with Crippen molar-refractivity contribution in [3.63, 3.8) is 0 Å². The Morgan fingerprint density at radius 3 is 2.76 bits per heavy atom. The summed E-state index contributed by atoms with van der Waals surface area (Å²) in [4.78, 5) is 44.1. The van der Waals surface area contributed by atoms with Gasteiger partial charge in [0.25, 0.3) is 5.91 Å². The second-order valence-corrected chi connectivity index (χ2v) is 7.36. The van der Waals surface area contributed by atoms with Crippen molar-refractivity contribution in [1.82, 2.24) is 14.8 Å². The topological polar surface area (TPSA) is 100 Å². The van der Waals surface area contributed by atoms with E-state index in [1.165, 1.54) is 9.80 Å². The highest BCUT2D eigenvalue weighted by Crippen LogP contribution is 2.22. The molecule has 154 valence electrons. The standard InChI is InChI=1S/C21H25N3O5/c1-13-17(9-14-6-7-16(29-3)10-18(14)22-13)20(26)23(2)12-19(25)24-8-4-5-15(11-24)21(27)28/h6-7,9-10,15H,4-5,8,11-12H2,1-3H3,(H,27,28)/t15-/m1/s1. The largest absolute Gasteiger partial charge is 0.497 e. The SMILES string of the molecule is COc1ccc2cc(C(=O)N(C)CC(=O)N3CCC[C@@H](C(=O)O)C3)c(C)nc2c1.